The van der Waals surface area contributed by atoms with Gasteiger partial charge in [0.25, 0.3) is 0 Å². The minimum absolute atomic E-state index is 0.0156. The molecule has 1 aliphatic heterocycles. The van der Waals surface area contributed by atoms with Gasteiger partial charge in [-0.2, -0.15) is 0 Å². The van der Waals surface area contributed by atoms with E-state index in [0.717, 1.165) is 0 Å². The van der Waals surface area contributed by atoms with E-state index in [1.54, 1.807) is 0 Å². The number of hydrogen-bond donors (Lipinski definition) is 3. The zero-order valence-corrected chi connectivity index (χ0v) is 6.42. The lowest BCUT2D eigenvalue weighted by Crippen LogP contribution is -2.42. The van der Waals surface area contributed by atoms with E-state index in [1.807, 2.05) is 0 Å². The lowest BCUT2D eigenvalue weighted by molar-refractivity contribution is -0.361. The third-order valence-electron chi connectivity index (χ3n) is 1.54. The quantitative estimate of drug-likeness (QED) is 0.426. The second kappa shape index (κ2) is 4.70. The van der Waals surface area contributed by atoms with Crippen molar-refractivity contribution in [2.45, 2.75) is 18.3 Å². The number of aliphatic hydroxyl groups excluding tert-OH is 3. The van der Waals surface area contributed by atoms with Gasteiger partial charge in [-0.05, 0) is 0 Å². The molecule has 0 aliphatic carbocycles. The van der Waals surface area contributed by atoms with Crippen molar-refractivity contribution < 1.29 is 29.8 Å². The van der Waals surface area contributed by atoms with E-state index < -0.39 is 24.9 Å². The fourth-order valence-corrected chi connectivity index (χ4v) is 0.893. The molecule has 0 amide bonds. The van der Waals surface area contributed by atoms with Crippen molar-refractivity contribution >= 4 is 0 Å². The molecule has 72 valence electrons. The maximum Gasteiger partial charge on any atom is 0.180 e. The molecule has 1 fully saturated rings. The van der Waals surface area contributed by atoms with Crippen LogP contribution in [0.15, 0.2) is 0 Å². The Morgan fingerprint density at radius 1 is 1.50 bits per heavy atom. The van der Waals surface area contributed by atoms with Gasteiger partial charge in [-0.3, -0.25) is 0 Å². The highest BCUT2D eigenvalue weighted by Crippen LogP contribution is 2.10. The molecule has 1 heterocycles. The minimum Gasteiger partial charge on any atom is -0.394 e. The van der Waals surface area contributed by atoms with Gasteiger partial charge in [0.1, 0.15) is 18.3 Å². The Morgan fingerprint density at radius 3 is 2.92 bits per heavy atom. The van der Waals surface area contributed by atoms with Crippen molar-refractivity contribution in [3.05, 3.63) is 0 Å². The van der Waals surface area contributed by atoms with Crippen molar-refractivity contribution in [2.24, 2.45) is 0 Å². The van der Waals surface area contributed by atoms with Crippen molar-refractivity contribution in [2.75, 3.05) is 20.0 Å². The summed E-state index contributed by atoms with van der Waals surface area (Å²) in [5, 5.41) is 26.9. The molecule has 1 saturated heterocycles. The van der Waals surface area contributed by atoms with E-state index in [1.165, 1.54) is 0 Å². The van der Waals surface area contributed by atoms with Gasteiger partial charge in [-0.1, -0.05) is 0 Å². The molecule has 0 radical (unpaired) electrons. The fourth-order valence-electron chi connectivity index (χ4n) is 0.893. The van der Waals surface area contributed by atoms with Gasteiger partial charge in [0, 0.05) is 0 Å². The SMILES string of the molecule is OCC(O)C1OOCOCC1O. The van der Waals surface area contributed by atoms with Gasteiger partial charge in [0.15, 0.2) is 6.79 Å². The van der Waals surface area contributed by atoms with Crippen molar-refractivity contribution in [1.29, 1.82) is 0 Å². The number of hydrogen-bond acceptors (Lipinski definition) is 6. The average molecular weight is 180 g/mol. The summed E-state index contributed by atoms with van der Waals surface area (Å²) in [7, 11) is 0. The standard InChI is InChI=1S/C6H12O6/c7-1-4(8)6-5(9)2-10-3-11-12-6/h4-9H,1-3H2. The van der Waals surface area contributed by atoms with Crippen LogP contribution in [0.3, 0.4) is 0 Å². The van der Waals surface area contributed by atoms with Gasteiger partial charge in [0.05, 0.1) is 13.2 Å². The van der Waals surface area contributed by atoms with Crippen LogP contribution in [-0.2, 0) is 14.5 Å². The highest BCUT2D eigenvalue weighted by Gasteiger charge is 2.30. The molecule has 3 atom stereocenters. The van der Waals surface area contributed by atoms with Crippen LogP contribution in [0.5, 0.6) is 0 Å². The Kier molecular flexibility index (Phi) is 3.86. The maximum atomic E-state index is 9.25. The predicted octanol–water partition coefficient (Wildman–Crippen LogP) is -1.99. The van der Waals surface area contributed by atoms with E-state index in [0.29, 0.717) is 0 Å². The lowest BCUT2D eigenvalue weighted by atomic mass is 10.1. The summed E-state index contributed by atoms with van der Waals surface area (Å²) in [5.74, 6) is 0. The van der Waals surface area contributed by atoms with E-state index >= 15 is 0 Å². The summed E-state index contributed by atoms with van der Waals surface area (Å²) < 4.78 is 4.74. The molecule has 0 aromatic rings. The highest BCUT2D eigenvalue weighted by molar-refractivity contribution is 4.75. The first-order valence-corrected chi connectivity index (χ1v) is 3.58. The molecule has 0 saturated carbocycles. The van der Waals surface area contributed by atoms with Crippen LogP contribution in [-0.4, -0.2) is 53.6 Å². The maximum absolute atomic E-state index is 9.25. The van der Waals surface area contributed by atoms with Crippen LogP contribution >= 0.6 is 0 Å². The van der Waals surface area contributed by atoms with Gasteiger partial charge in [-0.25, -0.2) is 9.78 Å². The predicted molar refractivity (Wildman–Crippen MR) is 35.9 cm³/mol. The van der Waals surface area contributed by atoms with E-state index in [9.17, 15) is 5.11 Å². The molecular weight excluding hydrogens is 168 g/mol. The fraction of sp³-hybridized carbons (Fsp3) is 1.00. The summed E-state index contributed by atoms with van der Waals surface area (Å²) in [6.45, 7) is -0.571. The Balaban J connectivity index is 2.46. The topological polar surface area (TPSA) is 88.4 Å². The first-order chi connectivity index (χ1) is 5.75. The van der Waals surface area contributed by atoms with E-state index in [-0.39, 0.29) is 13.4 Å². The molecule has 6 heteroatoms. The van der Waals surface area contributed by atoms with Gasteiger partial charge in [-0.15, -0.1) is 0 Å². The molecular formula is C6H12O6. The highest BCUT2D eigenvalue weighted by atomic mass is 17.2. The second-order valence-electron chi connectivity index (χ2n) is 2.48. The van der Waals surface area contributed by atoms with Crippen LogP contribution in [0.4, 0.5) is 0 Å². The molecule has 6 nitrogen and oxygen atoms in total. The van der Waals surface area contributed by atoms with E-state index in [4.69, 9.17) is 14.9 Å². The van der Waals surface area contributed by atoms with Crippen LogP contribution in [0.25, 0.3) is 0 Å². The minimum atomic E-state index is -1.17. The Morgan fingerprint density at radius 2 is 2.25 bits per heavy atom. The first-order valence-electron chi connectivity index (χ1n) is 3.58. The average Bonchev–Trinajstić information content (AvgIpc) is 2.28. The molecule has 3 unspecified atom stereocenters. The molecule has 1 aliphatic rings. The van der Waals surface area contributed by atoms with Crippen molar-refractivity contribution in [1.82, 2.24) is 0 Å². The summed E-state index contributed by atoms with van der Waals surface area (Å²) in [5.41, 5.74) is 0. The van der Waals surface area contributed by atoms with Crippen LogP contribution in [0.2, 0.25) is 0 Å². The summed E-state index contributed by atoms with van der Waals surface area (Å²) in [6, 6.07) is 0. The normalized spacial score (nSPS) is 34.2. The first kappa shape index (κ1) is 9.85. The van der Waals surface area contributed by atoms with Crippen molar-refractivity contribution in [3.8, 4) is 0 Å². The summed E-state index contributed by atoms with van der Waals surface area (Å²) >= 11 is 0. The van der Waals surface area contributed by atoms with Crippen LogP contribution in [0, 0.1) is 0 Å². The Bertz CT molecular complexity index is 129. The molecule has 0 spiro atoms. The number of aliphatic hydroxyl groups is 3. The molecule has 3 N–H and O–H groups in total. The molecule has 1 rings (SSSR count). The zero-order chi connectivity index (χ0) is 8.97. The Labute approximate surface area is 69.2 Å². The number of ether oxygens (including phenoxy) is 1. The summed E-state index contributed by atoms with van der Waals surface area (Å²) in [6.07, 6.45) is -3.12. The van der Waals surface area contributed by atoms with Crippen LogP contribution in [0.1, 0.15) is 0 Å². The number of rotatable bonds is 2. The molecule has 0 bridgehead atoms. The zero-order valence-electron chi connectivity index (χ0n) is 6.42. The Hall–Kier alpha value is -0.240. The van der Waals surface area contributed by atoms with Gasteiger partial charge >= 0.3 is 0 Å². The van der Waals surface area contributed by atoms with E-state index in [2.05, 4.69) is 9.78 Å². The lowest BCUT2D eigenvalue weighted by Gasteiger charge is -2.21. The van der Waals surface area contributed by atoms with Crippen molar-refractivity contribution in [3.63, 3.8) is 0 Å². The molecule has 12 heavy (non-hydrogen) atoms. The second-order valence-corrected chi connectivity index (χ2v) is 2.48. The summed E-state index contributed by atoms with van der Waals surface area (Å²) in [4.78, 5) is 9.03. The largest absolute Gasteiger partial charge is 0.394 e. The smallest absolute Gasteiger partial charge is 0.180 e. The molecule has 0 aromatic heterocycles. The van der Waals surface area contributed by atoms with Gasteiger partial charge in [0.2, 0.25) is 0 Å². The third kappa shape index (κ3) is 2.37. The third-order valence-corrected chi connectivity index (χ3v) is 1.54. The monoisotopic (exact) mass is 180 g/mol. The van der Waals surface area contributed by atoms with Gasteiger partial charge < -0.3 is 20.1 Å². The molecule has 0 aromatic carbocycles. The van der Waals surface area contributed by atoms with Crippen LogP contribution < -0.4 is 0 Å².